The van der Waals surface area contributed by atoms with Gasteiger partial charge in [-0.15, -0.1) is 0 Å². The van der Waals surface area contributed by atoms with Crippen LogP contribution < -0.4 is 0 Å². The Morgan fingerprint density at radius 3 is 2.68 bits per heavy atom. The second-order valence-electron chi connectivity index (χ2n) is 4.20. The van der Waals surface area contributed by atoms with Crippen molar-refractivity contribution in [2.75, 3.05) is 6.61 Å². The van der Waals surface area contributed by atoms with Crippen LogP contribution in [0, 0.1) is 0 Å². The summed E-state index contributed by atoms with van der Waals surface area (Å²) >= 11 is 1.50. The molecule has 1 aromatic carbocycles. The Bertz CT molecular complexity index is 526. The van der Waals surface area contributed by atoms with Crippen LogP contribution in [0.25, 0.3) is 6.08 Å². The molecule has 0 atom stereocenters. The molecule has 19 heavy (non-hydrogen) atoms. The second-order valence-corrected chi connectivity index (χ2v) is 4.98. The monoisotopic (exact) mass is 272 g/mol. The van der Waals surface area contributed by atoms with Crippen molar-refractivity contribution in [2.45, 2.75) is 12.8 Å². The molecule has 0 unspecified atom stereocenters. The fourth-order valence-electron chi connectivity index (χ4n) is 1.73. The maximum atomic E-state index is 11.6. The first-order valence-corrected chi connectivity index (χ1v) is 7.14. The Morgan fingerprint density at radius 2 is 2.05 bits per heavy atom. The van der Waals surface area contributed by atoms with Gasteiger partial charge in [-0.2, -0.15) is 11.3 Å². The van der Waals surface area contributed by atoms with Crippen LogP contribution in [0.1, 0.15) is 27.9 Å². The Kier molecular flexibility index (Phi) is 4.93. The SMILES string of the molecule is C=Cc1ccc(CCCOC(=O)c2ccsc2)cc1. The van der Waals surface area contributed by atoms with Crippen molar-refractivity contribution in [2.24, 2.45) is 0 Å². The number of carbonyl (C=O) groups is 1. The molecule has 3 heteroatoms. The summed E-state index contributed by atoms with van der Waals surface area (Å²) in [5, 5.41) is 3.67. The summed E-state index contributed by atoms with van der Waals surface area (Å²) in [6.45, 7) is 4.18. The van der Waals surface area contributed by atoms with E-state index in [1.807, 2.05) is 23.6 Å². The highest BCUT2D eigenvalue weighted by Gasteiger charge is 2.06. The normalized spacial score (nSPS) is 10.1. The van der Waals surface area contributed by atoms with Crippen LogP contribution in [0.4, 0.5) is 0 Å². The van der Waals surface area contributed by atoms with Crippen molar-refractivity contribution in [3.05, 3.63) is 64.4 Å². The maximum Gasteiger partial charge on any atom is 0.338 e. The minimum Gasteiger partial charge on any atom is -0.462 e. The quantitative estimate of drug-likeness (QED) is 0.582. The third kappa shape index (κ3) is 4.07. The molecule has 0 spiro atoms. The fraction of sp³-hybridized carbons (Fsp3) is 0.188. The number of thiophene rings is 1. The molecule has 0 saturated heterocycles. The smallest absolute Gasteiger partial charge is 0.338 e. The van der Waals surface area contributed by atoms with Crippen LogP contribution in [-0.4, -0.2) is 12.6 Å². The molecule has 2 rings (SSSR count). The molecule has 98 valence electrons. The number of aryl methyl sites for hydroxylation is 1. The molecule has 2 nitrogen and oxygen atoms in total. The molecule has 0 amide bonds. The van der Waals surface area contributed by atoms with E-state index in [9.17, 15) is 4.79 Å². The minimum atomic E-state index is -0.233. The van der Waals surface area contributed by atoms with E-state index in [0.29, 0.717) is 12.2 Å². The number of carbonyl (C=O) groups excluding carboxylic acids is 1. The molecular formula is C16H16O2S. The summed E-state index contributed by atoms with van der Waals surface area (Å²) in [7, 11) is 0. The Labute approximate surface area is 117 Å². The third-order valence-electron chi connectivity index (χ3n) is 2.82. The fourth-order valence-corrected chi connectivity index (χ4v) is 2.35. The Morgan fingerprint density at radius 1 is 1.26 bits per heavy atom. The van der Waals surface area contributed by atoms with E-state index in [-0.39, 0.29) is 5.97 Å². The van der Waals surface area contributed by atoms with Gasteiger partial charge in [0.25, 0.3) is 0 Å². The van der Waals surface area contributed by atoms with Gasteiger partial charge in [0, 0.05) is 5.38 Å². The number of hydrogen-bond donors (Lipinski definition) is 0. The molecule has 0 radical (unpaired) electrons. The molecule has 1 heterocycles. The highest BCUT2D eigenvalue weighted by Crippen LogP contribution is 2.10. The topological polar surface area (TPSA) is 26.3 Å². The van der Waals surface area contributed by atoms with Crippen molar-refractivity contribution in [3.63, 3.8) is 0 Å². The predicted molar refractivity (Wildman–Crippen MR) is 79.5 cm³/mol. The molecule has 0 aliphatic heterocycles. The molecule has 0 aliphatic rings. The molecule has 1 aromatic heterocycles. The predicted octanol–water partition coefficient (Wildman–Crippen LogP) is 4.18. The lowest BCUT2D eigenvalue weighted by molar-refractivity contribution is 0.0501. The van der Waals surface area contributed by atoms with Crippen LogP contribution in [0.2, 0.25) is 0 Å². The van der Waals surface area contributed by atoms with Crippen molar-refractivity contribution >= 4 is 23.4 Å². The molecule has 2 aromatic rings. The van der Waals surface area contributed by atoms with E-state index < -0.39 is 0 Å². The van der Waals surface area contributed by atoms with E-state index in [4.69, 9.17) is 4.74 Å². The third-order valence-corrected chi connectivity index (χ3v) is 3.50. The molecule has 0 fully saturated rings. The summed E-state index contributed by atoms with van der Waals surface area (Å²) in [6, 6.07) is 10.0. The first-order chi connectivity index (χ1) is 9.29. The van der Waals surface area contributed by atoms with Gasteiger partial charge in [-0.05, 0) is 35.4 Å². The number of rotatable bonds is 6. The first-order valence-electron chi connectivity index (χ1n) is 6.20. The van der Waals surface area contributed by atoms with Crippen molar-refractivity contribution in [1.29, 1.82) is 0 Å². The van der Waals surface area contributed by atoms with Crippen LogP contribution >= 0.6 is 11.3 Å². The summed E-state index contributed by atoms with van der Waals surface area (Å²) < 4.78 is 5.20. The van der Waals surface area contributed by atoms with E-state index >= 15 is 0 Å². The summed E-state index contributed by atoms with van der Waals surface area (Å²) in [6.07, 6.45) is 3.57. The second kappa shape index (κ2) is 6.90. The zero-order chi connectivity index (χ0) is 13.5. The summed E-state index contributed by atoms with van der Waals surface area (Å²) in [5.41, 5.74) is 3.00. The number of benzene rings is 1. The van der Waals surface area contributed by atoms with E-state index in [1.54, 1.807) is 11.4 Å². The van der Waals surface area contributed by atoms with Gasteiger partial charge in [-0.3, -0.25) is 0 Å². The molecule has 0 saturated carbocycles. The molecule has 0 N–H and O–H groups in total. The maximum absolute atomic E-state index is 11.6. The van der Waals surface area contributed by atoms with Crippen LogP contribution in [0.5, 0.6) is 0 Å². The van der Waals surface area contributed by atoms with E-state index in [0.717, 1.165) is 18.4 Å². The molecule has 0 aliphatic carbocycles. The highest BCUT2D eigenvalue weighted by atomic mass is 32.1. The highest BCUT2D eigenvalue weighted by molar-refractivity contribution is 7.08. The average Bonchev–Trinajstić information content (AvgIpc) is 2.98. The molecular weight excluding hydrogens is 256 g/mol. The standard InChI is InChI=1S/C16H16O2S/c1-2-13-5-7-14(8-6-13)4-3-10-18-16(17)15-9-11-19-12-15/h2,5-9,11-12H,1,3-4,10H2. The lowest BCUT2D eigenvalue weighted by Crippen LogP contribution is -2.05. The average molecular weight is 272 g/mol. The van der Waals surface area contributed by atoms with Crippen molar-refractivity contribution in [3.8, 4) is 0 Å². The zero-order valence-electron chi connectivity index (χ0n) is 10.7. The van der Waals surface area contributed by atoms with Crippen molar-refractivity contribution < 1.29 is 9.53 Å². The number of esters is 1. The Hall–Kier alpha value is -1.87. The lowest BCUT2D eigenvalue weighted by atomic mass is 10.1. The van der Waals surface area contributed by atoms with Gasteiger partial charge in [-0.25, -0.2) is 4.79 Å². The zero-order valence-corrected chi connectivity index (χ0v) is 11.5. The minimum absolute atomic E-state index is 0.233. The largest absolute Gasteiger partial charge is 0.462 e. The lowest BCUT2D eigenvalue weighted by Gasteiger charge is -2.04. The van der Waals surface area contributed by atoms with Gasteiger partial charge in [0.2, 0.25) is 0 Å². The summed E-state index contributed by atoms with van der Waals surface area (Å²) in [5.74, 6) is -0.233. The van der Waals surface area contributed by atoms with Gasteiger partial charge in [-0.1, -0.05) is 36.9 Å². The van der Waals surface area contributed by atoms with Crippen molar-refractivity contribution in [1.82, 2.24) is 0 Å². The number of hydrogen-bond acceptors (Lipinski definition) is 3. The van der Waals surface area contributed by atoms with E-state index in [1.165, 1.54) is 16.9 Å². The van der Waals surface area contributed by atoms with Gasteiger partial charge in [0.15, 0.2) is 0 Å². The van der Waals surface area contributed by atoms with Crippen LogP contribution in [0.3, 0.4) is 0 Å². The Balaban J connectivity index is 1.71. The first kappa shape index (κ1) is 13.6. The van der Waals surface area contributed by atoms with Gasteiger partial charge < -0.3 is 4.74 Å². The number of ether oxygens (including phenoxy) is 1. The summed E-state index contributed by atoms with van der Waals surface area (Å²) in [4.78, 5) is 11.6. The van der Waals surface area contributed by atoms with E-state index in [2.05, 4.69) is 18.7 Å². The van der Waals surface area contributed by atoms with Gasteiger partial charge in [0.05, 0.1) is 12.2 Å². The van der Waals surface area contributed by atoms with Crippen LogP contribution in [0.15, 0.2) is 47.7 Å². The van der Waals surface area contributed by atoms with Gasteiger partial charge in [0.1, 0.15) is 0 Å². The van der Waals surface area contributed by atoms with Crippen LogP contribution in [-0.2, 0) is 11.2 Å². The molecule has 0 bridgehead atoms. The van der Waals surface area contributed by atoms with Gasteiger partial charge >= 0.3 is 5.97 Å².